The summed E-state index contributed by atoms with van der Waals surface area (Å²) in [4.78, 5) is 23.6. The third kappa shape index (κ3) is 3.39. The van der Waals surface area contributed by atoms with Crippen LogP contribution in [-0.2, 0) is 0 Å². The zero-order chi connectivity index (χ0) is 21.5. The fourth-order valence-corrected chi connectivity index (χ4v) is 5.00. The summed E-state index contributed by atoms with van der Waals surface area (Å²) < 4.78 is 10.8. The highest BCUT2D eigenvalue weighted by atomic mass is 32.1. The number of pyridine rings is 1. The highest BCUT2D eigenvalue weighted by Gasteiger charge is 2.18. The van der Waals surface area contributed by atoms with Crippen molar-refractivity contribution in [2.45, 2.75) is 0 Å². The van der Waals surface area contributed by atoms with E-state index in [1.165, 1.54) is 11.3 Å². The SMILES string of the molecule is O=C(Nc1nc(-c2ccc3c(c2)OCO3)cs1)c1cc(-c2cccs2)nc2ccccc12. The lowest BCUT2D eigenvalue weighted by atomic mass is 10.1. The van der Waals surface area contributed by atoms with E-state index in [9.17, 15) is 4.79 Å². The summed E-state index contributed by atoms with van der Waals surface area (Å²) in [5.74, 6) is 1.21. The van der Waals surface area contributed by atoms with Crippen molar-refractivity contribution in [3.8, 4) is 33.3 Å². The molecule has 0 spiro atoms. The van der Waals surface area contributed by atoms with Gasteiger partial charge in [-0.15, -0.1) is 22.7 Å². The number of ether oxygens (including phenoxy) is 2. The molecule has 1 aliphatic heterocycles. The Kier molecular flexibility index (Phi) is 4.59. The molecule has 0 saturated heterocycles. The molecule has 0 aliphatic carbocycles. The Morgan fingerprint density at radius 1 is 0.906 bits per heavy atom. The number of nitrogens with zero attached hydrogens (tertiary/aromatic N) is 2. The maximum atomic E-state index is 13.2. The topological polar surface area (TPSA) is 73.3 Å². The van der Waals surface area contributed by atoms with Gasteiger partial charge in [-0.2, -0.15) is 0 Å². The summed E-state index contributed by atoms with van der Waals surface area (Å²) in [6, 6.07) is 19.2. The fraction of sp³-hybridized carbons (Fsp3) is 0.0417. The van der Waals surface area contributed by atoms with Crippen molar-refractivity contribution in [3.63, 3.8) is 0 Å². The second-order valence-corrected chi connectivity index (χ2v) is 8.92. The van der Waals surface area contributed by atoms with Crippen LogP contribution in [0.4, 0.5) is 5.13 Å². The highest BCUT2D eigenvalue weighted by Crippen LogP contribution is 2.37. The molecule has 1 N–H and O–H groups in total. The van der Waals surface area contributed by atoms with Gasteiger partial charge in [-0.05, 0) is 41.8 Å². The number of benzene rings is 2. The van der Waals surface area contributed by atoms with Crippen molar-refractivity contribution in [3.05, 3.63) is 77.0 Å². The van der Waals surface area contributed by atoms with E-state index in [1.807, 2.05) is 71.4 Å². The lowest BCUT2D eigenvalue weighted by Gasteiger charge is -2.08. The van der Waals surface area contributed by atoms with Crippen molar-refractivity contribution >= 4 is 44.6 Å². The van der Waals surface area contributed by atoms with Crippen LogP contribution in [0.2, 0.25) is 0 Å². The molecule has 0 radical (unpaired) electrons. The van der Waals surface area contributed by atoms with Crippen LogP contribution in [0.25, 0.3) is 32.7 Å². The van der Waals surface area contributed by atoms with Gasteiger partial charge < -0.3 is 9.47 Å². The number of hydrogen-bond acceptors (Lipinski definition) is 7. The first kappa shape index (κ1) is 19.0. The van der Waals surface area contributed by atoms with E-state index in [2.05, 4.69) is 10.3 Å². The summed E-state index contributed by atoms with van der Waals surface area (Å²) in [5.41, 5.74) is 3.80. The van der Waals surface area contributed by atoms with Gasteiger partial charge in [-0.3, -0.25) is 10.1 Å². The van der Waals surface area contributed by atoms with Gasteiger partial charge in [-0.25, -0.2) is 9.97 Å². The Morgan fingerprint density at radius 2 is 1.81 bits per heavy atom. The highest BCUT2D eigenvalue weighted by molar-refractivity contribution is 7.14. The second-order valence-electron chi connectivity index (χ2n) is 7.11. The monoisotopic (exact) mass is 457 g/mol. The average molecular weight is 458 g/mol. The third-order valence-corrected chi connectivity index (χ3v) is 6.78. The molecule has 156 valence electrons. The van der Waals surface area contributed by atoms with Crippen LogP contribution in [-0.4, -0.2) is 22.7 Å². The van der Waals surface area contributed by atoms with Crippen LogP contribution < -0.4 is 14.8 Å². The Hall–Kier alpha value is -3.75. The van der Waals surface area contributed by atoms with Crippen LogP contribution in [0.3, 0.4) is 0 Å². The molecule has 0 saturated carbocycles. The Balaban J connectivity index is 1.32. The molecule has 0 fully saturated rings. The van der Waals surface area contributed by atoms with Crippen LogP contribution >= 0.6 is 22.7 Å². The predicted octanol–water partition coefficient (Wildman–Crippen LogP) is 6.07. The Morgan fingerprint density at radius 3 is 2.72 bits per heavy atom. The number of thiophene rings is 1. The standard InChI is InChI=1S/C24H15N3O3S2/c28-23(16-11-18(22-6-3-9-31-22)25-17-5-2-1-4-15(16)17)27-24-26-19(12-32-24)14-7-8-20-21(10-14)30-13-29-20/h1-12H,13H2,(H,26,27,28). The lowest BCUT2D eigenvalue weighted by molar-refractivity contribution is 0.102. The number of aromatic nitrogens is 2. The molecule has 6 nitrogen and oxygen atoms in total. The third-order valence-electron chi connectivity index (χ3n) is 5.13. The molecule has 5 aromatic rings. The van der Waals surface area contributed by atoms with E-state index in [-0.39, 0.29) is 12.7 Å². The number of amides is 1. The summed E-state index contributed by atoms with van der Waals surface area (Å²) in [6.45, 7) is 0.227. The van der Waals surface area contributed by atoms with E-state index in [0.29, 0.717) is 16.4 Å². The number of hydrogen-bond donors (Lipinski definition) is 1. The summed E-state index contributed by atoms with van der Waals surface area (Å²) in [5, 5.41) is 8.20. The van der Waals surface area contributed by atoms with E-state index in [1.54, 1.807) is 11.3 Å². The van der Waals surface area contributed by atoms with Crippen molar-refractivity contribution in [2.24, 2.45) is 0 Å². The molecule has 32 heavy (non-hydrogen) atoms. The van der Waals surface area contributed by atoms with Gasteiger partial charge in [0.15, 0.2) is 16.6 Å². The number of thiazole rings is 1. The average Bonchev–Trinajstić information content (AvgIpc) is 3.59. The predicted molar refractivity (Wildman–Crippen MR) is 127 cm³/mol. The number of rotatable bonds is 4. The van der Waals surface area contributed by atoms with Gasteiger partial charge in [-0.1, -0.05) is 24.3 Å². The molecule has 3 aromatic heterocycles. The summed E-state index contributed by atoms with van der Waals surface area (Å²) >= 11 is 2.97. The molecule has 1 aliphatic rings. The number of para-hydroxylation sites is 1. The van der Waals surface area contributed by atoms with Crippen molar-refractivity contribution in [1.29, 1.82) is 0 Å². The van der Waals surface area contributed by atoms with Crippen molar-refractivity contribution < 1.29 is 14.3 Å². The Labute approximate surface area is 191 Å². The zero-order valence-corrected chi connectivity index (χ0v) is 18.2. The number of anilines is 1. The number of carbonyl (C=O) groups excluding carboxylic acids is 1. The van der Waals surface area contributed by atoms with Gasteiger partial charge in [0.05, 0.1) is 27.3 Å². The lowest BCUT2D eigenvalue weighted by Crippen LogP contribution is -2.13. The molecule has 0 atom stereocenters. The fourth-order valence-electron chi connectivity index (χ4n) is 3.60. The Bertz CT molecular complexity index is 1460. The van der Waals surface area contributed by atoms with Gasteiger partial charge in [0.25, 0.3) is 5.91 Å². The maximum absolute atomic E-state index is 13.2. The van der Waals surface area contributed by atoms with Crippen molar-refractivity contribution in [1.82, 2.24) is 9.97 Å². The normalized spacial score (nSPS) is 12.2. The minimum atomic E-state index is -0.215. The molecular weight excluding hydrogens is 442 g/mol. The number of nitrogens with one attached hydrogen (secondary N) is 1. The zero-order valence-electron chi connectivity index (χ0n) is 16.6. The van der Waals surface area contributed by atoms with Gasteiger partial charge >= 0.3 is 0 Å². The van der Waals surface area contributed by atoms with Crippen LogP contribution in [0, 0.1) is 0 Å². The van der Waals surface area contributed by atoms with Gasteiger partial charge in [0.1, 0.15) is 0 Å². The van der Waals surface area contributed by atoms with Crippen LogP contribution in [0.5, 0.6) is 11.5 Å². The van der Waals surface area contributed by atoms with Crippen LogP contribution in [0.15, 0.2) is 71.4 Å². The quantitative estimate of drug-likeness (QED) is 0.355. The van der Waals surface area contributed by atoms with E-state index in [4.69, 9.17) is 14.5 Å². The molecule has 2 aromatic carbocycles. The summed E-state index contributed by atoms with van der Waals surface area (Å²) in [6.07, 6.45) is 0. The van der Waals surface area contributed by atoms with E-state index >= 15 is 0 Å². The number of fused-ring (bicyclic) bond motifs is 2. The molecule has 4 heterocycles. The molecule has 6 rings (SSSR count). The van der Waals surface area contributed by atoms with Crippen molar-refractivity contribution in [2.75, 3.05) is 12.1 Å². The first-order chi connectivity index (χ1) is 15.7. The molecule has 0 unspecified atom stereocenters. The maximum Gasteiger partial charge on any atom is 0.258 e. The van der Waals surface area contributed by atoms with Crippen LogP contribution in [0.1, 0.15) is 10.4 Å². The second kappa shape index (κ2) is 7.74. The van der Waals surface area contributed by atoms with Gasteiger partial charge in [0, 0.05) is 16.3 Å². The molecule has 8 heteroatoms. The van der Waals surface area contributed by atoms with E-state index in [0.717, 1.165) is 38.5 Å². The van der Waals surface area contributed by atoms with Gasteiger partial charge in [0.2, 0.25) is 6.79 Å². The minimum absolute atomic E-state index is 0.215. The van der Waals surface area contributed by atoms with E-state index < -0.39 is 0 Å². The summed E-state index contributed by atoms with van der Waals surface area (Å²) in [7, 11) is 0. The molecule has 1 amide bonds. The largest absolute Gasteiger partial charge is 0.454 e. The molecular formula is C24H15N3O3S2. The minimum Gasteiger partial charge on any atom is -0.454 e. The number of carbonyl (C=O) groups is 1. The first-order valence-corrected chi connectivity index (χ1v) is 11.6. The smallest absolute Gasteiger partial charge is 0.258 e. The molecule has 0 bridgehead atoms. The first-order valence-electron chi connectivity index (χ1n) is 9.85.